The summed E-state index contributed by atoms with van der Waals surface area (Å²) in [4.78, 5) is 23.7. The van der Waals surface area contributed by atoms with Gasteiger partial charge in [-0.1, -0.05) is 11.3 Å². The molecule has 28 heavy (non-hydrogen) atoms. The summed E-state index contributed by atoms with van der Waals surface area (Å²) in [7, 11) is 0. The monoisotopic (exact) mass is 399 g/mol. The van der Waals surface area contributed by atoms with Crippen LogP contribution >= 0.6 is 11.3 Å². The van der Waals surface area contributed by atoms with Crippen LogP contribution in [0, 0.1) is 12.8 Å². The number of Topliss-reactive ketones (excluding diaryl/α,β-unsaturated/α-hetero) is 1. The minimum atomic E-state index is -0.326. The lowest BCUT2D eigenvalue weighted by molar-refractivity contribution is -0.123. The smallest absolute Gasteiger partial charge is 0.166 e. The van der Waals surface area contributed by atoms with E-state index in [0.717, 1.165) is 58.1 Å². The molecule has 4 rings (SSSR count). The molecule has 1 aliphatic heterocycles. The molecular formula is C20H22FN5OS. The van der Waals surface area contributed by atoms with E-state index in [1.165, 1.54) is 11.3 Å². The number of carbonyl (C=O) groups excluding carboxylic acids is 1. The minimum Gasteiger partial charge on any atom is -0.301 e. The molecule has 0 spiro atoms. The predicted octanol–water partition coefficient (Wildman–Crippen LogP) is 3.25. The molecule has 1 aliphatic rings. The van der Waals surface area contributed by atoms with Gasteiger partial charge in [0.05, 0.1) is 0 Å². The second-order valence-corrected chi connectivity index (χ2v) is 8.35. The maximum atomic E-state index is 12.7. The van der Waals surface area contributed by atoms with Crippen LogP contribution in [0.4, 0.5) is 4.39 Å². The van der Waals surface area contributed by atoms with Gasteiger partial charge in [-0.2, -0.15) is 0 Å². The number of ketones is 1. The molecule has 0 unspecified atom stereocenters. The summed E-state index contributed by atoms with van der Waals surface area (Å²) >= 11 is 1.50. The van der Waals surface area contributed by atoms with Crippen LogP contribution in [0.25, 0.3) is 21.5 Å². The number of rotatable bonds is 6. The van der Waals surface area contributed by atoms with Gasteiger partial charge in [-0.05, 0) is 50.4 Å². The third kappa shape index (κ3) is 4.23. The fourth-order valence-corrected chi connectivity index (χ4v) is 4.28. The number of pyridine rings is 2. The number of hydrogen-bond donors (Lipinski definition) is 0. The molecule has 8 heteroatoms. The van der Waals surface area contributed by atoms with Crippen molar-refractivity contribution in [1.29, 1.82) is 0 Å². The number of hydrogen-bond acceptors (Lipinski definition) is 7. The second-order valence-electron chi connectivity index (χ2n) is 7.17. The van der Waals surface area contributed by atoms with E-state index in [2.05, 4.69) is 25.1 Å². The van der Waals surface area contributed by atoms with Gasteiger partial charge in [0.2, 0.25) is 0 Å². The highest BCUT2D eigenvalue weighted by atomic mass is 32.1. The van der Waals surface area contributed by atoms with E-state index in [9.17, 15) is 9.18 Å². The van der Waals surface area contributed by atoms with Crippen LogP contribution in [0.5, 0.6) is 0 Å². The number of carbonyl (C=O) groups is 1. The van der Waals surface area contributed by atoms with Gasteiger partial charge in [0.15, 0.2) is 5.01 Å². The first-order chi connectivity index (χ1) is 13.6. The van der Waals surface area contributed by atoms with Gasteiger partial charge in [0.1, 0.15) is 23.2 Å². The van der Waals surface area contributed by atoms with Gasteiger partial charge in [0, 0.05) is 42.4 Å². The Balaban J connectivity index is 1.47. The van der Waals surface area contributed by atoms with Crippen LogP contribution in [0.1, 0.15) is 23.5 Å². The summed E-state index contributed by atoms with van der Waals surface area (Å²) in [6.07, 6.45) is 5.48. The molecule has 0 N–H and O–H groups in total. The highest BCUT2D eigenvalue weighted by Crippen LogP contribution is 2.25. The van der Waals surface area contributed by atoms with Gasteiger partial charge in [-0.3, -0.25) is 14.8 Å². The number of nitrogens with zero attached hydrogens (tertiary/aromatic N) is 5. The Labute approximate surface area is 166 Å². The Morgan fingerprint density at radius 2 is 1.96 bits per heavy atom. The molecular weight excluding hydrogens is 377 g/mol. The van der Waals surface area contributed by atoms with Crippen LogP contribution in [0.3, 0.4) is 0 Å². The maximum absolute atomic E-state index is 12.7. The first kappa shape index (κ1) is 19.0. The molecule has 0 amide bonds. The molecule has 0 saturated carbocycles. The number of likely N-dealkylation sites (tertiary alicyclic amines) is 1. The molecule has 0 radical (unpaired) electrons. The second kappa shape index (κ2) is 8.36. The fraction of sp³-hybridized carbons (Fsp3) is 0.450. The molecule has 1 saturated heterocycles. The van der Waals surface area contributed by atoms with Gasteiger partial charge >= 0.3 is 0 Å². The number of piperidine rings is 1. The van der Waals surface area contributed by atoms with Crippen molar-refractivity contribution in [2.24, 2.45) is 5.92 Å². The topological polar surface area (TPSA) is 71.9 Å². The van der Waals surface area contributed by atoms with Gasteiger partial charge < -0.3 is 4.90 Å². The summed E-state index contributed by atoms with van der Waals surface area (Å²) in [6.45, 7) is 3.65. The number of aromatic nitrogens is 4. The van der Waals surface area contributed by atoms with Gasteiger partial charge in [-0.15, -0.1) is 10.2 Å². The number of fused-ring (bicyclic) bond motifs is 1. The van der Waals surface area contributed by atoms with Crippen LogP contribution in [0.2, 0.25) is 0 Å². The summed E-state index contributed by atoms with van der Waals surface area (Å²) in [5.74, 6) is 0.270. The standard InChI is InChI=1S/C20H22FN5OS/c1-13-24-25-20(28-13)18-9-15-8-17(22-11-16(15)12-23-18)10-19(27)14-2-5-26(6-3-14)7-4-21/h8-9,11-12,14H,2-7,10H2,1H3. The number of alkyl halides is 1. The molecule has 3 aromatic rings. The fourth-order valence-electron chi connectivity index (χ4n) is 3.62. The summed E-state index contributed by atoms with van der Waals surface area (Å²) in [5.41, 5.74) is 1.55. The van der Waals surface area contributed by atoms with Crippen molar-refractivity contribution in [1.82, 2.24) is 25.1 Å². The molecule has 3 aromatic heterocycles. The zero-order valence-corrected chi connectivity index (χ0v) is 16.6. The van der Waals surface area contributed by atoms with E-state index in [0.29, 0.717) is 13.0 Å². The zero-order valence-electron chi connectivity index (χ0n) is 15.8. The normalized spacial score (nSPS) is 15.9. The molecule has 4 heterocycles. The van der Waals surface area contributed by atoms with E-state index >= 15 is 0 Å². The summed E-state index contributed by atoms with van der Waals surface area (Å²) < 4.78 is 12.5. The third-order valence-electron chi connectivity index (χ3n) is 5.20. The Hall–Kier alpha value is -2.32. The van der Waals surface area contributed by atoms with Crippen molar-refractivity contribution in [2.45, 2.75) is 26.2 Å². The van der Waals surface area contributed by atoms with Crippen molar-refractivity contribution >= 4 is 27.9 Å². The Morgan fingerprint density at radius 1 is 1.18 bits per heavy atom. The lowest BCUT2D eigenvalue weighted by Gasteiger charge is -2.30. The van der Waals surface area contributed by atoms with E-state index in [1.807, 2.05) is 19.1 Å². The van der Waals surface area contributed by atoms with Crippen LogP contribution < -0.4 is 0 Å². The minimum absolute atomic E-state index is 0.0470. The predicted molar refractivity (Wildman–Crippen MR) is 107 cm³/mol. The van der Waals surface area contributed by atoms with Crippen LogP contribution in [-0.2, 0) is 11.2 Å². The van der Waals surface area contributed by atoms with Crippen LogP contribution in [0.15, 0.2) is 24.5 Å². The first-order valence-electron chi connectivity index (χ1n) is 9.48. The third-order valence-corrected chi connectivity index (χ3v) is 6.07. The largest absolute Gasteiger partial charge is 0.301 e. The quantitative estimate of drug-likeness (QED) is 0.634. The first-order valence-corrected chi connectivity index (χ1v) is 10.3. The van der Waals surface area contributed by atoms with Gasteiger partial charge in [-0.25, -0.2) is 4.39 Å². The average molecular weight is 399 g/mol. The SMILES string of the molecule is Cc1nnc(-c2cc3cc(CC(=O)C4CCN(CCF)CC4)ncc3cn2)s1. The van der Waals surface area contributed by atoms with Crippen molar-refractivity contribution in [3.63, 3.8) is 0 Å². The average Bonchev–Trinajstić information content (AvgIpc) is 3.14. The lowest BCUT2D eigenvalue weighted by Crippen LogP contribution is -2.37. The molecule has 146 valence electrons. The van der Waals surface area contributed by atoms with Crippen molar-refractivity contribution in [2.75, 3.05) is 26.3 Å². The van der Waals surface area contributed by atoms with E-state index in [-0.39, 0.29) is 18.4 Å². The Kier molecular flexibility index (Phi) is 5.68. The van der Waals surface area contributed by atoms with E-state index in [4.69, 9.17) is 0 Å². The Bertz CT molecular complexity index is 984. The Morgan fingerprint density at radius 3 is 2.68 bits per heavy atom. The van der Waals surface area contributed by atoms with Gasteiger partial charge in [0.25, 0.3) is 0 Å². The highest BCUT2D eigenvalue weighted by Gasteiger charge is 2.25. The molecule has 0 atom stereocenters. The zero-order chi connectivity index (χ0) is 19.5. The van der Waals surface area contributed by atoms with Crippen molar-refractivity contribution < 1.29 is 9.18 Å². The van der Waals surface area contributed by atoms with E-state index in [1.54, 1.807) is 12.4 Å². The molecule has 0 aliphatic carbocycles. The van der Waals surface area contributed by atoms with Crippen molar-refractivity contribution in [3.05, 3.63) is 35.2 Å². The van der Waals surface area contributed by atoms with Crippen molar-refractivity contribution in [3.8, 4) is 10.7 Å². The lowest BCUT2D eigenvalue weighted by atomic mass is 9.90. The summed E-state index contributed by atoms with van der Waals surface area (Å²) in [5, 5.41) is 11.8. The number of halogens is 1. The molecule has 6 nitrogen and oxygen atoms in total. The molecule has 0 aromatic carbocycles. The van der Waals surface area contributed by atoms with E-state index < -0.39 is 0 Å². The molecule has 0 bridgehead atoms. The van der Waals surface area contributed by atoms with Crippen LogP contribution in [-0.4, -0.2) is 57.2 Å². The number of aryl methyl sites for hydroxylation is 1. The molecule has 1 fully saturated rings. The highest BCUT2D eigenvalue weighted by molar-refractivity contribution is 7.14. The summed E-state index contributed by atoms with van der Waals surface area (Å²) in [6, 6.07) is 3.94. The maximum Gasteiger partial charge on any atom is 0.166 e.